The maximum atomic E-state index is 11.9. The van der Waals surface area contributed by atoms with Crippen molar-refractivity contribution in [3.63, 3.8) is 0 Å². The van der Waals surface area contributed by atoms with E-state index in [1.54, 1.807) is 7.11 Å². The summed E-state index contributed by atoms with van der Waals surface area (Å²) in [7, 11) is 1.74. The summed E-state index contributed by atoms with van der Waals surface area (Å²) < 4.78 is 5.50. The summed E-state index contributed by atoms with van der Waals surface area (Å²) in [4.78, 5) is 11.9. The zero-order chi connectivity index (χ0) is 13.6. The van der Waals surface area contributed by atoms with E-state index in [9.17, 15) is 4.79 Å². The van der Waals surface area contributed by atoms with Crippen LogP contribution in [0.3, 0.4) is 0 Å². The molecule has 0 fully saturated rings. The molecule has 0 amide bonds. The maximum absolute atomic E-state index is 11.9. The van der Waals surface area contributed by atoms with Crippen LogP contribution in [0.25, 0.3) is 0 Å². The van der Waals surface area contributed by atoms with Crippen molar-refractivity contribution in [3.05, 3.63) is 40.5 Å². The van der Waals surface area contributed by atoms with E-state index in [1.165, 1.54) is 16.7 Å². The number of allylic oxidation sites excluding steroid dienone is 2. The second kappa shape index (κ2) is 4.22. The van der Waals surface area contributed by atoms with Gasteiger partial charge >= 0.3 is 0 Å². The standard InChI is InChI=1S/C17H20O2/c1-11-13-8-7-12-14(5-4-6-16(12)19-3)17(13,2)10-9-15(11)18/h4-6H,7-10H2,1-3H3. The average Bonchev–Trinajstić information content (AvgIpc) is 2.43. The van der Waals surface area contributed by atoms with Gasteiger partial charge in [-0.3, -0.25) is 4.79 Å². The first-order valence-corrected chi connectivity index (χ1v) is 6.97. The monoisotopic (exact) mass is 256 g/mol. The van der Waals surface area contributed by atoms with E-state index in [1.807, 2.05) is 13.0 Å². The highest BCUT2D eigenvalue weighted by Gasteiger charge is 2.41. The minimum Gasteiger partial charge on any atom is -0.496 e. The van der Waals surface area contributed by atoms with Crippen molar-refractivity contribution < 1.29 is 9.53 Å². The number of methoxy groups -OCH3 is 1. The number of ketones is 1. The van der Waals surface area contributed by atoms with Gasteiger partial charge in [0.25, 0.3) is 0 Å². The Hall–Kier alpha value is -1.57. The number of carbonyl (C=O) groups is 1. The van der Waals surface area contributed by atoms with Gasteiger partial charge in [-0.25, -0.2) is 0 Å². The van der Waals surface area contributed by atoms with Crippen LogP contribution < -0.4 is 4.74 Å². The fraction of sp³-hybridized carbons (Fsp3) is 0.471. The molecule has 2 heteroatoms. The molecule has 0 spiro atoms. The Morgan fingerprint density at radius 1 is 1.21 bits per heavy atom. The molecule has 0 N–H and O–H groups in total. The van der Waals surface area contributed by atoms with Crippen LogP contribution >= 0.6 is 0 Å². The number of benzene rings is 1. The van der Waals surface area contributed by atoms with Gasteiger partial charge in [0.05, 0.1) is 7.11 Å². The quantitative estimate of drug-likeness (QED) is 0.767. The maximum Gasteiger partial charge on any atom is 0.158 e. The number of hydrogen-bond acceptors (Lipinski definition) is 2. The smallest absolute Gasteiger partial charge is 0.158 e. The fourth-order valence-corrected chi connectivity index (χ4v) is 3.83. The van der Waals surface area contributed by atoms with Crippen LogP contribution in [-0.4, -0.2) is 12.9 Å². The minimum absolute atomic E-state index is 0.0279. The largest absolute Gasteiger partial charge is 0.496 e. The van der Waals surface area contributed by atoms with Gasteiger partial charge < -0.3 is 4.74 Å². The molecular formula is C17H20O2. The summed E-state index contributed by atoms with van der Waals surface area (Å²) in [6.07, 6.45) is 3.57. The summed E-state index contributed by atoms with van der Waals surface area (Å²) in [5.74, 6) is 1.33. The van der Waals surface area contributed by atoms with Gasteiger partial charge in [0, 0.05) is 11.8 Å². The molecule has 0 saturated carbocycles. The number of ether oxygens (including phenoxy) is 1. The number of hydrogen-bond donors (Lipinski definition) is 0. The van der Waals surface area contributed by atoms with Gasteiger partial charge in [0.1, 0.15) is 5.75 Å². The van der Waals surface area contributed by atoms with Gasteiger partial charge in [0.15, 0.2) is 5.78 Å². The van der Waals surface area contributed by atoms with E-state index in [0.717, 1.165) is 30.6 Å². The van der Waals surface area contributed by atoms with Crippen LogP contribution in [0.4, 0.5) is 0 Å². The van der Waals surface area contributed by atoms with Crippen LogP contribution in [0.2, 0.25) is 0 Å². The highest BCUT2D eigenvalue weighted by Crippen LogP contribution is 2.50. The van der Waals surface area contributed by atoms with Crippen molar-refractivity contribution in [2.24, 2.45) is 0 Å². The Kier molecular flexibility index (Phi) is 2.77. The lowest BCUT2D eigenvalue weighted by Gasteiger charge is -2.42. The van der Waals surface area contributed by atoms with E-state index < -0.39 is 0 Å². The highest BCUT2D eigenvalue weighted by atomic mass is 16.5. The van der Waals surface area contributed by atoms with Gasteiger partial charge in [0.2, 0.25) is 0 Å². The molecule has 0 aromatic heterocycles. The molecule has 2 nitrogen and oxygen atoms in total. The molecule has 3 rings (SSSR count). The Labute approximate surface area is 114 Å². The van der Waals surface area contributed by atoms with Gasteiger partial charge in [-0.05, 0) is 49.0 Å². The second-order valence-electron chi connectivity index (χ2n) is 5.85. The van der Waals surface area contributed by atoms with E-state index in [2.05, 4.69) is 19.1 Å². The summed E-state index contributed by atoms with van der Waals surface area (Å²) in [6, 6.07) is 6.31. The molecule has 1 unspecified atom stereocenters. The molecular weight excluding hydrogens is 236 g/mol. The number of carbonyl (C=O) groups excluding carboxylic acids is 1. The Bertz CT molecular complexity index is 583. The van der Waals surface area contributed by atoms with Crippen LogP contribution in [-0.2, 0) is 16.6 Å². The van der Waals surface area contributed by atoms with Crippen molar-refractivity contribution in [2.45, 2.75) is 44.9 Å². The van der Waals surface area contributed by atoms with Crippen molar-refractivity contribution in [3.8, 4) is 5.75 Å². The first-order chi connectivity index (χ1) is 9.08. The van der Waals surface area contributed by atoms with Crippen molar-refractivity contribution in [2.75, 3.05) is 7.11 Å². The summed E-state index contributed by atoms with van der Waals surface area (Å²) in [5.41, 5.74) is 5.07. The lowest BCUT2D eigenvalue weighted by molar-refractivity contribution is -0.116. The van der Waals surface area contributed by atoms with Crippen LogP contribution in [0, 0.1) is 0 Å². The number of fused-ring (bicyclic) bond motifs is 3. The van der Waals surface area contributed by atoms with E-state index >= 15 is 0 Å². The lowest BCUT2D eigenvalue weighted by Crippen LogP contribution is -2.36. The van der Waals surface area contributed by atoms with Crippen molar-refractivity contribution >= 4 is 5.78 Å². The van der Waals surface area contributed by atoms with Crippen LogP contribution in [0.15, 0.2) is 29.3 Å². The summed E-state index contributed by atoms with van der Waals surface area (Å²) >= 11 is 0. The van der Waals surface area contributed by atoms with Gasteiger partial charge in [-0.15, -0.1) is 0 Å². The molecule has 19 heavy (non-hydrogen) atoms. The third kappa shape index (κ3) is 1.66. The Balaban J connectivity index is 2.22. The topological polar surface area (TPSA) is 26.3 Å². The second-order valence-corrected chi connectivity index (χ2v) is 5.85. The number of rotatable bonds is 1. The third-order valence-electron chi connectivity index (χ3n) is 4.96. The zero-order valence-electron chi connectivity index (χ0n) is 11.9. The van der Waals surface area contributed by atoms with E-state index in [-0.39, 0.29) is 5.41 Å². The van der Waals surface area contributed by atoms with Crippen molar-refractivity contribution in [1.29, 1.82) is 0 Å². The molecule has 0 bridgehead atoms. The normalized spacial score (nSPS) is 25.9. The molecule has 0 aliphatic heterocycles. The SMILES string of the molecule is COc1cccc2c1CCC1=C(C)C(=O)CCC12C. The minimum atomic E-state index is 0.0279. The molecule has 1 aromatic carbocycles. The fourth-order valence-electron chi connectivity index (χ4n) is 3.83. The molecule has 1 atom stereocenters. The van der Waals surface area contributed by atoms with Gasteiger partial charge in [-0.2, -0.15) is 0 Å². The molecule has 2 aliphatic rings. The molecule has 0 saturated heterocycles. The van der Waals surface area contributed by atoms with Crippen LogP contribution in [0.5, 0.6) is 5.75 Å². The van der Waals surface area contributed by atoms with E-state index in [4.69, 9.17) is 4.74 Å². The summed E-state index contributed by atoms with van der Waals surface area (Å²) in [6.45, 7) is 4.29. The Morgan fingerprint density at radius 2 is 2.00 bits per heavy atom. The van der Waals surface area contributed by atoms with Crippen LogP contribution in [0.1, 0.15) is 44.2 Å². The Morgan fingerprint density at radius 3 is 2.74 bits per heavy atom. The van der Waals surface area contributed by atoms with Crippen molar-refractivity contribution in [1.82, 2.24) is 0 Å². The third-order valence-corrected chi connectivity index (χ3v) is 4.96. The molecule has 0 heterocycles. The first kappa shape index (κ1) is 12.5. The molecule has 100 valence electrons. The van der Waals surface area contributed by atoms with Gasteiger partial charge in [-0.1, -0.05) is 24.6 Å². The number of Topliss-reactive ketones (excluding diaryl/α,β-unsaturated/α-hetero) is 1. The first-order valence-electron chi connectivity index (χ1n) is 6.97. The molecule has 1 aromatic rings. The predicted octanol–water partition coefficient (Wildman–Crippen LogP) is 3.58. The zero-order valence-corrected chi connectivity index (χ0v) is 11.9. The van der Waals surface area contributed by atoms with E-state index in [0.29, 0.717) is 12.2 Å². The molecule has 0 radical (unpaired) electrons. The molecule has 2 aliphatic carbocycles. The lowest BCUT2D eigenvalue weighted by atomic mass is 9.61. The predicted molar refractivity (Wildman–Crippen MR) is 75.6 cm³/mol. The highest BCUT2D eigenvalue weighted by molar-refractivity contribution is 5.97. The average molecular weight is 256 g/mol. The summed E-state index contributed by atoms with van der Waals surface area (Å²) in [5, 5.41) is 0.